The standard InChI is InChI=1S/C15H20N2O4/c1-3-11-6-7-16(14(9-11)15(18)19)12-4-5-13(17(20)21)10(2)8-12/h4-5,8,11,14H,3,6-7,9H2,1-2H3,(H,18,19). The van der Waals surface area contributed by atoms with Crippen LogP contribution in [0.15, 0.2) is 18.2 Å². The minimum atomic E-state index is -0.829. The monoisotopic (exact) mass is 292 g/mol. The van der Waals surface area contributed by atoms with Gasteiger partial charge in [0, 0.05) is 23.9 Å². The summed E-state index contributed by atoms with van der Waals surface area (Å²) in [5, 5.41) is 20.3. The van der Waals surface area contributed by atoms with E-state index in [1.54, 1.807) is 19.1 Å². The number of hydrogen-bond acceptors (Lipinski definition) is 4. The second-order valence-electron chi connectivity index (χ2n) is 5.57. The van der Waals surface area contributed by atoms with Crippen molar-refractivity contribution in [3.63, 3.8) is 0 Å². The van der Waals surface area contributed by atoms with Crippen LogP contribution in [-0.2, 0) is 4.79 Å². The molecule has 0 radical (unpaired) electrons. The number of aliphatic carboxylic acids is 1. The number of rotatable bonds is 4. The predicted octanol–water partition coefficient (Wildman–Crippen LogP) is 2.98. The fourth-order valence-corrected chi connectivity index (χ4v) is 2.98. The van der Waals surface area contributed by atoms with Crippen molar-refractivity contribution < 1.29 is 14.8 Å². The average Bonchev–Trinajstić information content (AvgIpc) is 2.46. The first kappa shape index (κ1) is 15.3. The van der Waals surface area contributed by atoms with E-state index < -0.39 is 16.9 Å². The Labute approximate surface area is 123 Å². The molecule has 21 heavy (non-hydrogen) atoms. The average molecular weight is 292 g/mol. The van der Waals surface area contributed by atoms with E-state index in [2.05, 4.69) is 6.92 Å². The van der Waals surface area contributed by atoms with Crippen LogP contribution in [0.2, 0.25) is 0 Å². The van der Waals surface area contributed by atoms with Gasteiger partial charge in [-0.1, -0.05) is 13.3 Å². The molecule has 1 aliphatic heterocycles. The molecule has 1 aromatic carbocycles. The smallest absolute Gasteiger partial charge is 0.326 e. The zero-order chi connectivity index (χ0) is 15.6. The molecule has 0 amide bonds. The quantitative estimate of drug-likeness (QED) is 0.681. The van der Waals surface area contributed by atoms with Crippen LogP contribution < -0.4 is 4.90 Å². The van der Waals surface area contributed by atoms with E-state index in [4.69, 9.17) is 0 Å². The first-order valence-corrected chi connectivity index (χ1v) is 7.18. The zero-order valence-corrected chi connectivity index (χ0v) is 12.3. The third-order valence-electron chi connectivity index (χ3n) is 4.28. The molecule has 1 aromatic rings. The van der Waals surface area contributed by atoms with Gasteiger partial charge in [-0.3, -0.25) is 10.1 Å². The number of nitro groups is 1. The Bertz CT molecular complexity index is 559. The summed E-state index contributed by atoms with van der Waals surface area (Å²) < 4.78 is 0. The Hall–Kier alpha value is -2.11. The number of carboxylic acids is 1. The van der Waals surface area contributed by atoms with Crippen LogP contribution >= 0.6 is 0 Å². The lowest BCUT2D eigenvalue weighted by Gasteiger charge is -2.38. The van der Waals surface area contributed by atoms with Crippen molar-refractivity contribution in [3.8, 4) is 0 Å². The Morgan fingerprint density at radius 2 is 2.24 bits per heavy atom. The minimum absolute atomic E-state index is 0.0640. The number of carbonyl (C=O) groups is 1. The first-order valence-electron chi connectivity index (χ1n) is 7.18. The normalized spacial score (nSPS) is 22.1. The number of nitrogens with zero attached hydrogens (tertiary/aromatic N) is 2. The minimum Gasteiger partial charge on any atom is -0.480 e. The van der Waals surface area contributed by atoms with Crippen molar-refractivity contribution in [1.82, 2.24) is 0 Å². The number of carboxylic acid groups (broad SMARTS) is 1. The number of aryl methyl sites for hydroxylation is 1. The first-order chi connectivity index (χ1) is 9.93. The van der Waals surface area contributed by atoms with E-state index in [-0.39, 0.29) is 5.69 Å². The van der Waals surface area contributed by atoms with Gasteiger partial charge in [0.05, 0.1) is 4.92 Å². The van der Waals surface area contributed by atoms with E-state index in [9.17, 15) is 20.0 Å². The molecular weight excluding hydrogens is 272 g/mol. The Morgan fingerprint density at radius 3 is 2.76 bits per heavy atom. The summed E-state index contributed by atoms with van der Waals surface area (Å²) in [5.41, 5.74) is 1.37. The molecule has 0 bridgehead atoms. The van der Waals surface area contributed by atoms with Gasteiger partial charge in [0.15, 0.2) is 0 Å². The molecule has 1 aliphatic rings. The fourth-order valence-electron chi connectivity index (χ4n) is 2.98. The van der Waals surface area contributed by atoms with E-state index in [0.717, 1.165) is 18.5 Å². The molecule has 1 fully saturated rings. The predicted molar refractivity (Wildman–Crippen MR) is 79.6 cm³/mol. The maximum absolute atomic E-state index is 11.5. The second-order valence-corrected chi connectivity index (χ2v) is 5.57. The maximum Gasteiger partial charge on any atom is 0.326 e. The van der Waals surface area contributed by atoms with Crippen molar-refractivity contribution in [2.45, 2.75) is 39.2 Å². The summed E-state index contributed by atoms with van der Waals surface area (Å²) in [6.07, 6.45) is 2.56. The summed E-state index contributed by atoms with van der Waals surface area (Å²) in [7, 11) is 0. The molecule has 0 aromatic heterocycles. The van der Waals surface area contributed by atoms with E-state index in [1.165, 1.54) is 6.07 Å². The van der Waals surface area contributed by atoms with Crippen molar-refractivity contribution in [2.24, 2.45) is 5.92 Å². The van der Waals surface area contributed by atoms with Crippen LogP contribution in [0, 0.1) is 23.0 Å². The van der Waals surface area contributed by atoms with E-state index in [1.807, 2.05) is 4.90 Å². The van der Waals surface area contributed by atoms with Crippen molar-refractivity contribution in [2.75, 3.05) is 11.4 Å². The Morgan fingerprint density at radius 1 is 1.52 bits per heavy atom. The lowest BCUT2D eigenvalue weighted by Crippen LogP contribution is -2.47. The zero-order valence-electron chi connectivity index (χ0n) is 12.3. The number of anilines is 1. The van der Waals surface area contributed by atoms with Crippen LogP contribution in [0.4, 0.5) is 11.4 Å². The largest absolute Gasteiger partial charge is 0.480 e. The Kier molecular flexibility index (Phi) is 4.45. The molecule has 6 nitrogen and oxygen atoms in total. The fraction of sp³-hybridized carbons (Fsp3) is 0.533. The van der Waals surface area contributed by atoms with Gasteiger partial charge >= 0.3 is 5.97 Å². The Balaban J connectivity index is 2.29. The summed E-state index contributed by atoms with van der Waals surface area (Å²) in [6, 6.07) is 4.26. The topological polar surface area (TPSA) is 83.7 Å². The molecular formula is C15H20N2O4. The SMILES string of the molecule is CCC1CCN(c2ccc([N+](=O)[O-])c(C)c2)C(C(=O)O)C1. The molecule has 2 rings (SSSR count). The van der Waals surface area contributed by atoms with Gasteiger partial charge in [-0.25, -0.2) is 4.79 Å². The molecule has 2 atom stereocenters. The van der Waals surface area contributed by atoms with Crippen molar-refractivity contribution in [1.29, 1.82) is 0 Å². The third-order valence-corrected chi connectivity index (χ3v) is 4.28. The van der Waals surface area contributed by atoms with E-state index in [0.29, 0.717) is 24.4 Å². The van der Waals surface area contributed by atoms with Gasteiger partial charge in [-0.05, 0) is 37.8 Å². The molecule has 6 heteroatoms. The number of nitro benzene ring substituents is 1. The second kappa shape index (κ2) is 6.11. The molecule has 2 unspecified atom stereocenters. The van der Waals surface area contributed by atoms with Crippen LogP contribution in [-0.4, -0.2) is 28.6 Å². The molecule has 0 saturated carbocycles. The van der Waals surface area contributed by atoms with Crippen molar-refractivity contribution >= 4 is 17.3 Å². The number of hydrogen-bond donors (Lipinski definition) is 1. The number of piperidine rings is 1. The summed E-state index contributed by atoms with van der Waals surface area (Å²) >= 11 is 0. The van der Waals surface area contributed by atoms with Gasteiger partial charge in [-0.2, -0.15) is 0 Å². The molecule has 0 aliphatic carbocycles. The molecule has 1 N–H and O–H groups in total. The summed E-state index contributed by atoms with van der Waals surface area (Å²) in [6.45, 7) is 4.43. The van der Waals surface area contributed by atoms with Gasteiger partial charge in [0.25, 0.3) is 5.69 Å². The highest BCUT2D eigenvalue weighted by atomic mass is 16.6. The highest BCUT2D eigenvalue weighted by molar-refractivity contribution is 5.79. The van der Waals surface area contributed by atoms with Crippen LogP contribution in [0.5, 0.6) is 0 Å². The van der Waals surface area contributed by atoms with Crippen LogP contribution in [0.25, 0.3) is 0 Å². The lowest BCUT2D eigenvalue weighted by molar-refractivity contribution is -0.385. The van der Waals surface area contributed by atoms with Gasteiger partial charge in [-0.15, -0.1) is 0 Å². The van der Waals surface area contributed by atoms with Crippen molar-refractivity contribution in [3.05, 3.63) is 33.9 Å². The molecule has 114 valence electrons. The van der Waals surface area contributed by atoms with Gasteiger partial charge in [0.2, 0.25) is 0 Å². The van der Waals surface area contributed by atoms with Crippen LogP contribution in [0.1, 0.15) is 31.7 Å². The number of benzene rings is 1. The van der Waals surface area contributed by atoms with Crippen LogP contribution in [0.3, 0.4) is 0 Å². The van der Waals surface area contributed by atoms with Gasteiger partial charge in [0.1, 0.15) is 6.04 Å². The summed E-state index contributed by atoms with van der Waals surface area (Å²) in [4.78, 5) is 23.8. The maximum atomic E-state index is 11.5. The van der Waals surface area contributed by atoms with Gasteiger partial charge < -0.3 is 10.0 Å². The lowest BCUT2D eigenvalue weighted by atomic mass is 9.88. The molecule has 0 spiro atoms. The highest BCUT2D eigenvalue weighted by Crippen LogP contribution is 2.32. The molecule has 1 saturated heterocycles. The summed E-state index contributed by atoms with van der Waals surface area (Å²) in [5.74, 6) is -0.398. The highest BCUT2D eigenvalue weighted by Gasteiger charge is 2.33. The van der Waals surface area contributed by atoms with E-state index >= 15 is 0 Å². The third kappa shape index (κ3) is 3.15. The molecule has 1 heterocycles.